The second-order valence-electron chi connectivity index (χ2n) is 7.02. The number of nitrogens with zero attached hydrogens (tertiary/aromatic N) is 2. The van der Waals surface area contributed by atoms with Crippen LogP contribution in [0.4, 0.5) is 0 Å². The van der Waals surface area contributed by atoms with Crippen molar-refractivity contribution < 1.29 is 9.84 Å². The standard InChI is InChI=1S/C17H27N3O3/c1-13-3-8-16(21)20(19-13)15-6-4-14(5-7-15)18-11-17(22)9-2-10-23-12-17/h3,8,14-15,18,22H,2,4-7,9-12H2,1H3. The maximum atomic E-state index is 12.0. The molecule has 0 aromatic carbocycles. The summed E-state index contributed by atoms with van der Waals surface area (Å²) in [5.41, 5.74) is 0.148. The van der Waals surface area contributed by atoms with Gasteiger partial charge >= 0.3 is 0 Å². The number of nitrogens with one attached hydrogen (secondary N) is 1. The molecule has 3 rings (SSSR count). The Kier molecular flexibility index (Phi) is 5.14. The largest absolute Gasteiger partial charge is 0.386 e. The number of ether oxygens (including phenoxy) is 1. The molecule has 1 aliphatic carbocycles. The molecule has 1 saturated carbocycles. The predicted molar refractivity (Wildman–Crippen MR) is 87.5 cm³/mol. The first kappa shape index (κ1) is 16.6. The molecule has 1 aromatic heterocycles. The van der Waals surface area contributed by atoms with Crippen LogP contribution in [0.1, 0.15) is 50.3 Å². The van der Waals surface area contributed by atoms with Crippen LogP contribution >= 0.6 is 0 Å². The van der Waals surface area contributed by atoms with Crippen LogP contribution in [0.2, 0.25) is 0 Å². The third-order valence-electron chi connectivity index (χ3n) is 5.02. The summed E-state index contributed by atoms with van der Waals surface area (Å²) in [6, 6.07) is 3.96. The Balaban J connectivity index is 1.50. The highest BCUT2D eigenvalue weighted by atomic mass is 16.5. The molecule has 1 atom stereocenters. The van der Waals surface area contributed by atoms with E-state index in [1.54, 1.807) is 16.8 Å². The number of aliphatic hydroxyl groups is 1. The minimum atomic E-state index is -0.718. The zero-order valence-corrected chi connectivity index (χ0v) is 13.8. The Morgan fingerprint density at radius 3 is 2.87 bits per heavy atom. The van der Waals surface area contributed by atoms with E-state index in [0.717, 1.165) is 50.8 Å². The third-order valence-corrected chi connectivity index (χ3v) is 5.02. The molecule has 1 aliphatic heterocycles. The molecule has 2 fully saturated rings. The molecule has 6 heteroatoms. The second kappa shape index (κ2) is 7.11. The van der Waals surface area contributed by atoms with Crippen molar-refractivity contribution >= 4 is 0 Å². The van der Waals surface area contributed by atoms with Crippen molar-refractivity contribution in [2.45, 2.75) is 63.1 Å². The third kappa shape index (κ3) is 4.19. The summed E-state index contributed by atoms with van der Waals surface area (Å²) in [5.74, 6) is 0. The van der Waals surface area contributed by atoms with Crippen molar-refractivity contribution in [3.05, 3.63) is 28.2 Å². The molecule has 23 heavy (non-hydrogen) atoms. The Morgan fingerprint density at radius 1 is 1.39 bits per heavy atom. The van der Waals surface area contributed by atoms with Crippen LogP contribution in [0.5, 0.6) is 0 Å². The lowest BCUT2D eigenvalue weighted by Crippen LogP contribution is -2.50. The van der Waals surface area contributed by atoms with E-state index in [-0.39, 0.29) is 11.6 Å². The van der Waals surface area contributed by atoms with Crippen LogP contribution in [0, 0.1) is 6.92 Å². The molecular formula is C17H27N3O3. The summed E-state index contributed by atoms with van der Waals surface area (Å²) in [4.78, 5) is 12.0. The van der Waals surface area contributed by atoms with E-state index in [4.69, 9.17) is 4.74 Å². The molecule has 2 N–H and O–H groups in total. The van der Waals surface area contributed by atoms with Gasteiger partial charge in [-0.2, -0.15) is 5.10 Å². The molecular weight excluding hydrogens is 294 g/mol. The number of hydrogen-bond acceptors (Lipinski definition) is 5. The maximum Gasteiger partial charge on any atom is 0.267 e. The van der Waals surface area contributed by atoms with Gasteiger partial charge in [-0.3, -0.25) is 4.79 Å². The first-order valence-electron chi connectivity index (χ1n) is 8.66. The summed E-state index contributed by atoms with van der Waals surface area (Å²) in [6.07, 6.45) is 5.63. The number of aromatic nitrogens is 2. The van der Waals surface area contributed by atoms with E-state index in [2.05, 4.69) is 10.4 Å². The van der Waals surface area contributed by atoms with Gasteiger partial charge in [0.05, 0.1) is 18.3 Å². The minimum absolute atomic E-state index is 0.0133. The summed E-state index contributed by atoms with van der Waals surface area (Å²) in [7, 11) is 0. The zero-order chi connectivity index (χ0) is 16.3. The fourth-order valence-electron chi connectivity index (χ4n) is 3.62. The second-order valence-corrected chi connectivity index (χ2v) is 7.02. The van der Waals surface area contributed by atoms with Crippen molar-refractivity contribution in [2.24, 2.45) is 0 Å². The number of rotatable bonds is 4. The molecule has 2 aliphatic rings. The molecule has 0 amide bonds. The van der Waals surface area contributed by atoms with E-state index in [0.29, 0.717) is 19.2 Å². The van der Waals surface area contributed by atoms with Crippen LogP contribution in [0.3, 0.4) is 0 Å². The highest BCUT2D eigenvalue weighted by molar-refractivity contribution is 4.98. The van der Waals surface area contributed by atoms with Gasteiger partial charge in [-0.25, -0.2) is 4.68 Å². The summed E-state index contributed by atoms with van der Waals surface area (Å²) in [6.45, 7) is 3.69. The van der Waals surface area contributed by atoms with E-state index in [1.807, 2.05) is 6.92 Å². The van der Waals surface area contributed by atoms with E-state index < -0.39 is 5.60 Å². The smallest absolute Gasteiger partial charge is 0.267 e. The van der Waals surface area contributed by atoms with Crippen LogP contribution in [-0.2, 0) is 4.74 Å². The van der Waals surface area contributed by atoms with Crippen molar-refractivity contribution in [2.75, 3.05) is 19.8 Å². The van der Waals surface area contributed by atoms with Crippen molar-refractivity contribution in [3.8, 4) is 0 Å². The Morgan fingerprint density at radius 2 is 2.17 bits per heavy atom. The van der Waals surface area contributed by atoms with Crippen molar-refractivity contribution in [3.63, 3.8) is 0 Å². The van der Waals surface area contributed by atoms with Crippen LogP contribution < -0.4 is 10.9 Å². The van der Waals surface area contributed by atoms with Crippen molar-refractivity contribution in [1.82, 2.24) is 15.1 Å². The van der Waals surface area contributed by atoms with Gasteiger partial charge in [0.15, 0.2) is 0 Å². The summed E-state index contributed by atoms with van der Waals surface area (Å²) >= 11 is 0. The molecule has 2 heterocycles. The molecule has 0 radical (unpaired) electrons. The molecule has 0 bridgehead atoms. The van der Waals surface area contributed by atoms with Gasteiger partial charge in [0.1, 0.15) is 5.60 Å². The molecule has 1 aromatic rings. The quantitative estimate of drug-likeness (QED) is 0.870. The first-order chi connectivity index (χ1) is 11.1. The number of aryl methyl sites for hydroxylation is 1. The highest BCUT2D eigenvalue weighted by Crippen LogP contribution is 2.27. The number of hydrogen-bond donors (Lipinski definition) is 2. The summed E-state index contributed by atoms with van der Waals surface area (Å²) < 4.78 is 7.03. The predicted octanol–water partition coefficient (Wildman–Crippen LogP) is 1.17. The van der Waals surface area contributed by atoms with Crippen molar-refractivity contribution in [1.29, 1.82) is 0 Å². The fraction of sp³-hybridized carbons (Fsp3) is 0.765. The molecule has 1 unspecified atom stereocenters. The van der Waals surface area contributed by atoms with E-state index in [9.17, 15) is 9.90 Å². The average Bonchev–Trinajstić information content (AvgIpc) is 2.57. The monoisotopic (exact) mass is 321 g/mol. The van der Waals surface area contributed by atoms with Crippen LogP contribution in [0.25, 0.3) is 0 Å². The molecule has 0 spiro atoms. The first-order valence-corrected chi connectivity index (χ1v) is 8.66. The van der Waals surface area contributed by atoms with Gasteiger partial charge < -0.3 is 15.2 Å². The zero-order valence-electron chi connectivity index (χ0n) is 13.8. The highest BCUT2D eigenvalue weighted by Gasteiger charge is 2.31. The van der Waals surface area contributed by atoms with Crippen LogP contribution in [0.15, 0.2) is 16.9 Å². The molecule has 128 valence electrons. The van der Waals surface area contributed by atoms with Gasteiger partial charge in [-0.1, -0.05) is 0 Å². The normalized spacial score (nSPS) is 31.9. The van der Waals surface area contributed by atoms with Gasteiger partial charge in [-0.05, 0) is 51.5 Å². The SMILES string of the molecule is Cc1ccc(=O)n(C2CCC(NCC3(O)CCCOC3)CC2)n1. The Labute approximate surface area is 136 Å². The lowest BCUT2D eigenvalue weighted by molar-refractivity contribution is -0.0848. The van der Waals surface area contributed by atoms with Gasteiger partial charge in [-0.15, -0.1) is 0 Å². The minimum Gasteiger partial charge on any atom is -0.386 e. The maximum absolute atomic E-state index is 12.0. The Hall–Kier alpha value is -1.24. The topological polar surface area (TPSA) is 76.4 Å². The van der Waals surface area contributed by atoms with Gasteiger partial charge in [0.25, 0.3) is 5.56 Å². The van der Waals surface area contributed by atoms with Crippen LogP contribution in [-0.4, -0.2) is 46.3 Å². The lowest BCUT2D eigenvalue weighted by atomic mass is 9.90. The molecule has 1 saturated heterocycles. The van der Waals surface area contributed by atoms with Gasteiger partial charge in [0, 0.05) is 25.3 Å². The van der Waals surface area contributed by atoms with E-state index >= 15 is 0 Å². The van der Waals surface area contributed by atoms with Gasteiger partial charge in [0.2, 0.25) is 0 Å². The van der Waals surface area contributed by atoms with E-state index in [1.165, 1.54) is 0 Å². The lowest BCUT2D eigenvalue weighted by Gasteiger charge is -2.35. The fourth-order valence-corrected chi connectivity index (χ4v) is 3.62. The summed E-state index contributed by atoms with van der Waals surface area (Å²) in [5, 5.41) is 18.3. The Bertz CT molecular complexity index is 573. The molecule has 6 nitrogen and oxygen atoms in total. The average molecular weight is 321 g/mol.